The summed E-state index contributed by atoms with van der Waals surface area (Å²) in [6, 6.07) is 15.6. The lowest BCUT2D eigenvalue weighted by atomic mass is 10.2. The Morgan fingerprint density at radius 2 is 1.83 bits per heavy atom. The van der Waals surface area contributed by atoms with Gasteiger partial charge in [0.15, 0.2) is 18.1 Å². The normalized spacial score (nSPS) is 10.4. The van der Waals surface area contributed by atoms with Gasteiger partial charge in [0.25, 0.3) is 5.91 Å². The molecule has 150 valence electrons. The fourth-order valence-corrected chi connectivity index (χ4v) is 3.28. The van der Waals surface area contributed by atoms with Crippen molar-refractivity contribution in [3.05, 3.63) is 77.9 Å². The van der Waals surface area contributed by atoms with E-state index in [9.17, 15) is 9.18 Å². The first-order valence-corrected chi connectivity index (χ1v) is 9.92. The van der Waals surface area contributed by atoms with Crippen LogP contribution in [-0.2, 0) is 10.5 Å². The Balaban J connectivity index is 1.59. The second-order valence-electron chi connectivity index (χ2n) is 6.27. The lowest BCUT2D eigenvalue weighted by Crippen LogP contribution is -2.20. The standard InChI is InChI=1S/C22H21FN2O3S/c1-15-3-9-19(10-4-15)29-14-18-11-20(21(27-2)12-24-18)28-13-22(26)25-17-7-5-16(23)6-8-17/h3-12H,13-14H2,1-2H3,(H,25,26). The lowest BCUT2D eigenvalue weighted by molar-refractivity contribution is -0.118. The zero-order valence-corrected chi connectivity index (χ0v) is 17.0. The Kier molecular flexibility index (Phi) is 7.08. The molecule has 5 nitrogen and oxygen atoms in total. The second kappa shape index (κ2) is 9.93. The number of rotatable bonds is 8. The molecule has 0 aliphatic heterocycles. The Labute approximate surface area is 173 Å². The van der Waals surface area contributed by atoms with Crippen LogP contribution in [0.3, 0.4) is 0 Å². The van der Waals surface area contributed by atoms with E-state index in [1.54, 1.807) is 24.0 Å². The third-order valence-corrected chi connectivity index (χ3v) is 5.05. The van der Waals surface area contributed by atoms with Crippen molar-refractivity contribution in [2.45, 2.75) is 17.6 Å². The number of nitrogens with one attached hydrogen (secondary N) is 1. The van der Waals surface area contributed by atoms with Crippen LogP contribution in [0.15, 0.2) is 65.7 Å². The Hall–Kier alpha value is -3.06. The van der Waals surface area contributed by atoms with E-state index in [4.69, 9.17) is 9.47 Å². The van der Waals surface area contributed by atoms with Gasteiger partial charge >= 0.3 is 0 Å². The smallest absolute Gasteiger partial charge is 0.262 e. The molecule has 0 radical (unpaired) electrons. The van der Waals surface area contributed by atoms with Crippen LogP contribution in [-0.4, -0.2) is 24.6 Å². The number of nitrogens with zero attached hydrogens (tertiary/aromatic N) is 1. The monoisotopic (exact) mass is 412 g/mol. The van der Waals surface area contributed by atoms with Crippen molar-refractivity contribution >= 4 is 23.4 Å². The van der Waals surface area contributed by atoms with Crippen molar-refractivity contribution in [2.24, 2.45) is 0 Å². The van der Waals surface area contributed by atoms with Crippen molar-refractivity contribution in [3.63, 3.8) is 0 Å². The molecule has 3 rings (SSSR count). The Morgan fingerprint density at radius 3 is 2.52 bits per heavy atom. The van der Waals surface area contributed by atoms with Crippen LogP contribution in [0, 0.1) is 12.7 Å². The molecule has 0 spiro atoms. The highest BCUT2D eigenvalue weighted by atomic mass is 32.2. The highest BCUT2D eigenvalue weighted by Crippen LogP contribution is 2.29. The van der Waals surface area contributed by atoms with Crippen molar-refractivity contribution in [1.82, 2.24) is 4.98 Å². The van der Waals surface area contributed by atoms with Gasteiger partial charge in [-0.25, -0.2) is 4.39 Å². The van der Waals surface area contributed by atoms with Crippen LogP contribution < -0.4 is 14.8 Å². The maximum atomic E-state index is 12.9. The van der Waals surface area contributed by atoms with Crippen LogP contribution in [0.1, 0.15) is 11.3 Å². The molecule has 1 aromatic heterocycles. The first-order chi connectivity index (χ1) is 14.0. The molecule has 0 unspecified atom stereocenters. The van der Waals surface area contributed by atoms with E-state index in [1.807, 2.05) is 0 Å². The van der Waals surface area contributed by atoms with Crippen molar-refractivity contribution in [2.75, 3.05) is 19.0 Å². The minimum absolute atomic E-state index is 0.206. The zero-order chi connectivity index (χ0) is 20.6. The number of aryl methyl sites for hydroxylation is 1. The summed E-state index contributed by atoms with van der Waals surface area (Å²) < 4.78 is 23.9. The molecular formula is C22H21FN2O3S. The van der Waals surface area contributed by atoms with Gasteiger partial charge in [0.1, 0.15) is 5.82 Å². The molecule has 0 aliphatic rings. The number of anilines is 1. The molecule has 0 fully saturated rings. The van der Waals surface area contributed by atoms with E-state index >= 15 is 0 Å². The number of amides is 1. The predicted octanol–water partition coefficient (Wildman–Crippen LogP) is 4.85. The number of methoxy groups -OCH3 is 1. The summed E-state index contributed by atoms with van der Waals surface area (Å²) in [5, 5.41) is 2.65. The van der Waals surface area contributed by atoms with E-state index < -0.39 is 0 Å². The van der Waals surface area contributed by atoms with Gasteiger partial charge in [0.2, 0.25) is 0 Å². The summed E-state index contributed by atoms with van der Waals surface area (Å²) in [4.78, 5) is 17.6. The van der Waals surface area contributed by atoms with Crippen molar-refractivity contribution in [1.29, 1.82) is 0 Å². The molecule has 0 atom stereocenters. The number of pyridine rings is 1. The molecule has 0 aliphatic carbocycles. The number of carbonyl (C=O) groups excluding carboxylic acids is 1. The minimum atomic E-state index is -0.364. The minimum Gasteiger partial charge on any atom is -0.491 e. The molecule has 1 amide bonds. The number of halogens is 1. The zero-order valence-electron chi connectivity index (χ0n) is 16.1. The number of ether oxygens (including phenoxy) is 2. The summed E-state index contributed by atoms with van der Waals surface area (Å²) in [7, 11) is 1.52. The van der Waals surface area contributed by atoms with Gasteiger partial charge in [0, 0.05) is 22.4 Å². The van der Waals surface area contributed by atoms with Crippen LogP contribution in [0.2, 0.25) is 0 Å². The van der Waals surface area contributed by atoms with Gasteiger partial charge in [-0.2, -0.15) is 0 Å². The largest absolute Gasteiger partial charge is 0.491 e. The maximum absolute atomic E-state index is 12.9. The highest BCUT2D eigenvalue weighted by molar-refractivity contribution is 7.98. The summed E-state index contributed by atoms with van der Waals surface area (Å²) in [6.45, 7) is 1.84. The quantitative estimate of drug-likeness (QED) is 0.536. The van der Waals surface area contributed by atoms with Gasteiger partial charge in [-0.1, -0.05) is 17.7 Å². The molecule has 0 bridgehead atoms. The predicted molar refractivity (Wildman–Crippen MR) is 112 cm³/mol. The Bertz CT molecular complexity index is 963. The molecule has 2 aromatic carbocycles. The van der Waals surface area contributed by atoms with Crippen molar-refractivity contribution < 1.29 is 18.7 Å². The second-order valence-corrected chi connectivity index (χ2v) is 7.32. The Morgan fingerprint density at radius 1 is 1.10 bits per heavy atom. The number of aromatic nitrogens is 1. The van der Waals surface area contributed by atoms with E-state index in [0.717, 1.165) is 10.6 Å². The first kappa shape index (κ1) is 20.7. The number of carbonyl (C=O) groups is 1. The van der Waals surface area contributed by atoms with Gasteiger partial charge in [0.05, 0.1) is 19.0 Å². The molecular weight excluding hydrogens is 391 g/mol. The molecule has 1 N–H and O–H groups in total. The van der Waals surface area contributed by atoms with E-state index in [-0.39, 0.29) is 18.3 Å². The summed E-state index contributed by atoms with van der Waals surface area (Å²) >= 11 is 1.66. The van der Waals surface area contributed by atoms with Crippen LogP contribution in [0.4, 0.5) is 10.1 Å². The fraction of sp³-hybridized carbons (Fsp3) is 0.182. The summed E-state index contributed by atoms with van der Waals surface area (Å²) in [6.07, 6.45) is 1.58. The third-order valence-electron chi connectivity index (χ3n) is 4.00. The van der Waals surface area contributed by atoms with Crippen LogP contribution >= 0.6 is 11.8 Å². The average molecular weight is 412 g/mol. The third kappa shape index (κ3) is 6.22. The maximum Gasteiger partial charge on any atom is 0.262 e. The van der Waals surface area contributed by atoms with Crippen LogP contribution in [0.25, 0.3) is 0 Å². The topological polar surface area (TPSA) is 60.5 Å². The molecule has 0 saturated carbocycles. The molecule has 3 aromatic rings. The number of hydrogen-bond donors (Lipinski definition) is 1. The van der Waals surface area contributed by atoms with Gasteiger partial charge in [-0.15, -0.1) is 11.8 Å². The number of thioether (sulfide) groups is 1. The molecule has 7 heteroatoms. The van der Waals surface area contributed by atoms with Gasteiger partial charge in [-0.3, -0.25) is 9.78 Å². The van der Waals surface area contributed by atoms with E-state index in [0.29, 0.717) is 22.9 Å². The van der Waals surface area contributed by atoms with Crippen LogP contribution in [0.5, 0.6) is 11.5 Å². The SMILES string of the molecule is COc1cnc(CSc2ccc(C)cc2)cc1OCC(=O)Nc1ccc(F)cc1. The van der Waals surface area contributed by atoms with Gasteiger partial charge in [-0.05, 0) is 43.3 Å². The number of benzene rings is 2. The average Bonchev–Trinajstić information content (AvgIpc) is 2.73. The van der Waals surface area contributed by atoms with Crippen molar-refractivity contribution in [3.8, 4) is 11.5 Å². The highest BCUT2D eigenvalue weighted by Gasteiger charge is 2.11. The first-order valence-electron chi connectivity index (χ1n) is 8.94. The summed E-state index contributed by atoms with van der Waals surface area (Å²) in [5.74, 6) is 0.827. The molecule has 29 heavy (non-hydrogen) atoms. The summed E-state index contributed by atoms with van der Waals surface area (Å²) in [5.41, 5.74) is 2.52. The van der Waals surface area contributed by atoms with E-state index in [1.165, 1.54) is 36.9 Å². The fourth-order valence-electron chi connectivity index (χ4n) is 2.48. The number of hydrogen-bond acceptors (Lipinski definition) is 5. The molecule has 0 saturated heterocycles. The van der Waals surface area contributed by atoms with E-state index in [2.05, 4.69) is 41.5 Å². The van der Waals surface area contributed by atoms with Gasteiger partial charge < -0.3 is 14.8 Å². The molecule has 1 heterocycles. The lowest BCUT2D eigenvalue weighted by Gasteiger charge is -2.12.